The zero-order chi connectivity index (χ0) is 16.2. The fourth-order valence-corrected chi connectivity index (χ4v) is 2.21. The normalized spacial score (nSPS) is 9.87. The molecule has 1 aromatic carbocycles. The zero-order valence-electron chi connectivity index (χ0n) is 12.5. The number of rotatable bonds is 3. The Kier molecular flexibility index (Phi) is 3.78. The molecule has 5 nitrogen and oxygen atoms in total. The lowest BCUT2D eigenvalue weighted by molar-refractivity contribution is 1.17. The van der Waals surface area contributed by atoms with Gasteiger partial charge in [0, 0.05) is 29.8 Å². The first kappa shape index (κ1) is 14.4. The lowest BCUT2D eigenvalue weighted by Gasteiger charge is -2.01. The van der Waals surface area contributed by atoms with Crippen LogP contribution in [-0.4, -0.2) is 9.38 Å². The van der Waals surface area contributed by atoms with Crippen molar-refractivity contribution in [1.29, 1.82) is 10.5 Å². The van der Waals surface area contributed by atoms with Crippen molar-refractivity contribution in [2.45, 2.75) is 6.92 Å². The Bertz CT molecular complexity index is 949. The average molecular weight is 299 g/mol. The highest BCUT2D eigenvalue weighted by atomic mass is 15.0. The molecule has 110 valence electrons. The number of nitriles is 2. The minimum Gasteiger partial charge on any atom is -0.360 e. The van der Waals surface area contributed by atoms with Gasteiger partial charge in [0.15, 0.2) is 0 Å². The maximum Gasteiger partial charge on any atom is 0.145 e. The number of imidazole rings is 1. The second kappa shape index (κ2) is 6.05. The summed E-state index contributed by atoms with van der Waals surface area (Å²) in [5.74, 6) is 0. The number of pyridine rings is 1. The summed E-state index contributed by atoms with van der Waals surface area (Å²) in [7, 11) is 0. The molecule has 0 spiro atoms. The molecule has 0 bridgehead atoms. The van der Waals surface area contributed by atoms with Gasteiger partial charge in [0.1, 0.15) is 23.4 Å². The highest BCUT2D eigenvalue weighted by molar-refractivity contribution is 5.65. The second-order valence-electron chi connectivity index (χ2n) is 5.10. The summed E-state index contributed by atoms with van der Waals surface area (Å²) < 4.78 is 1.99. The van der Waals surface area contributed by atoms with Crippen LogP contribution >= 0.6 is 0 Å². The number of aromatic nitrogens is 2. The first-order valence-corrected chi connectivity index (χ1v) is 7.02. The average Bonchev–Trinajstić information content (AvgIpc) is 2.99. The predicted octanol–water partition coefficient (Wildman–Crippen LogP) is 3.65. The van der Waals surface area contributed by atoms with Crippen molar-refractivity contribution in [3.8, 4) is 23.4 Å². The van der Waals surface area contributed by atoms with Crippen LogP contribution in [0.5, 0.6) is 0 Å². The number of hydrogen-bond donors (Lipinski definition) is 1. The van der Waals surface area contributed by atoms with Crippen LogP contribution in [0.1, 0.15) is 5.56 Å². The van der Waals surface area contributed by atoms with Crippen LogP contribution in [0.25, 0.3) is 16.9 Å². The quantitative estimate of drug-likeness (QED) is 0.749. The molecular weight excluding hydrogens is 286 g/mol. The van der Waals surface area contributed by atoms with E-state index in [4.69, 9.17) is 10.5 Å². The van der Waals surface area contributed by atoms with E-state index in [-0.39, 0.29) is 5.57 Å². The van der Waals surface area contributed by atoms with E-state index >= 15 is 0 Å². The van der Waals surface area contributed by atoms with E-state index in [1.807, 2.05) is 60.1 Å². The molecule has 0 atom stereocenters. The van der Waals surface area contributed by atoms with Gasteiger partial charge in [-0.2, -0.15) is 10.5 Å². The van der Waals surface area contributed by atoms with Crippen molar-refractivity contribution in [1.82, 2.24) is 9.38 Å². The second-order valence-corrected chi connectivity index (χ2v) is 5.10. The van der Waals surface area contributed by atoms with Crippen LogP contribution in [0, 0.1) is 29.6 Å². The molecule has 0 aliphatic heterocycles. The van der Waals surface area contributed by atoms with Crippen LogP contribution in [0.4, 0.5) is 5.69 Å². The van der Waals surface area contributed by atoms with Crippen LogP contribution in [0.2, 0.25) is 0 Å². The summed E-state index contributed by atoms with van der Waals surface area (Å²) in [5.41, 5.74) is 4.82. The molecule has 3 aromatic rings. The van der Waals surface area contributed by atoms with E-state index in [9.17, 15) is 0 Å². The lowest BCUT2D eigenvalue weighted by Crippen LogP contribution is -1.89. The largest absolute Gasteiger partial charge is 0.360 e. The zero-order valence-corrected chi connectivity index (χ0v) is 12.5. The Morgan fingerprint density at radius 1 is 1.17 bits per heavy atom. The smallest absolute Gasteiger partial charge is 0.145 e. The van der Waals surface area contributed by atoms with Crippen LogP contribution in [0.3, 0.4) is 0 Å². The van der Waals surface area contributed by atoms with Crippen molar-refractivity contribution in [2.75, 3.05) is 5.32 Å². The molecule has 2 aromatic heterocycles. The number of hydrogen-bond acceptors (Lipinski definition) is 4. The molecule has 0 saturated carbocycles. The molecule has 3 rings (SSSR count). The summed E-state index contributed by atoms with van der Waals surface area (Å²) in [6, 6.07) is 15.3. The van der Waals surface area contributed by atoms with Gasteiger partial charge in [-0.05, 0) is 36.8 Å². The Morgan fingerprint density at radius 3 is 2.61 bits per heavy atom. The number of anilines is 1. The highest BCUT2D eigenvalue weighted by Gasteiger charge is 2.04. The van der Waals surface area contributed by atoms with Gasteiger partial charge >= 0.3 is 0 Å². The summed E-state index contributed by atoms with van der Waals surface area (Å²) in [6.07, 6.45) is 5.37. The van der Waals surface area contributed by atoms with Gasteiger partial charge < -0.3 is 9.72 Å². The summed E-state index contributed by atoms with van der Waals surface area (Å²) in [6.45, 7) is 2.04. The first-order valence-electron chi connectivity index (χ1n) is 7.02. The SMILES string of the molecule is Cc1ccn2cc(-c3ccc(NC=C(C#N)C#N)cc3)nc2c1. The number of aryl methyl sites for hydroxylation is 1. The van der Waals surface area contributed by atoms with Crippen molar-refractivity contribution in [2.24, 2.45) is 0 Å². The number of benzene rings is 1. The van der Waals surface area contributed by atoms with Crippen molar-refractivity contribution in [3.63, 3.8) is 0 Å². The summed E-state index contributed by atoms with van der Waals surface area (Å²) >= 11 is 0. The number of nitrogens with one attached hydrogen (secondary N) is 1. The Morgan fingerprint density at radius 2 is 1.91 bits per heavy atom. The lowest BCUT2D eigenvalue weighted by atomic mass is 10.1. The molecular formula is C18H13N5. The van der Waals surface area contributed by atoms with Gasteiger partial charge in [0.05, 0.1) is 5.69 Å². The van der Waals surface area contributed by atoms with E-state index in [2.05, 4.69) is 10.3 Å². The van der Waals surface area contributed by atoms with Crippen LogP contribution in [-0.2, 0) is 0 Å². The van der Waals surface area contributed by atoms with E-state index in [0.29, 0.717) is 0 Å². The molecule has 0 fully saturated rings. The van der Waals surface area contributed by atoms with Gasteiger partial charge in [-0.15, -0.1) is 0 Å². The fraction of sp³-hybridized carbons (Fsp3) is 0.0556. The third-order valence-corrected chi connectivity index (χ3v) is 3.42. The Labute approximate surface area is 133 Å². The fourth-order valence-electron chi connectivity index (χ4n) is 2.21. The van der Waals surface area contributed by atoms with E-state index in [0.717, 1.165) is 22.6 Å². The van der Waals surface area contributed by atoms with Gasteiger partial charge in [0.2, 0.25) is 0 Å². The Balaban J connectivity index is 1.85. The highest BCUT2D eigenvalue weighted by Crippen LogP contribution is 2.21. The van der Waals surface area contributed by atoms with E-state index < -0.39 is 0 Å². The van der Waals surface area contributed by atoms with E-state index in [1.165, 1.54) is 11.8 Å². The van der Waals surface area contributed by atoms with Gasteiger partial charge in [0.25, 0.3) is 0 Å². The molecule has 0 amide bonds. The molecule has 23 heavy (non-hydrogen) atoms. The molecule has 2 heterocycles. The third kappa shape index (κ3) is 3.04. The standard InChI is InChI=1S/C18H13N5/c1-13-6-7-23-12-17(22-18(23)8-13)15-2-4-16(5-3-15)21-11-14(9-19)10-20/h2-8,11-12,21H,1H3. The van der Waals surface area contributed by atoms with Crippen molar-refractivity contribution >= 4 is 11.3 Å². The molecule has 0 unspecified atom stereocenters. The van der Waals surface area contributed by atoms with Gasteiger partial charge in [-0.1, -0.05) is 12.1 Å². The van der Waals surface area contributed by atoms with Gasteiger partial charge in [-0.3, -0.25) is 0 Å². The molecule has 0 aliphatic carbocycles. The minimum atomic E-state index is 0.0322. The van der Waals surface area contributed by atoms with E-state index in [1.54, 1.807) is 12.1 Å². The molecule has 0 saturated heterocycles. The molecule has 1 N–H and O–H groups in total. The maximum absolute atomic E-state index is 8.69. The van der Waals surface area contributed by atoms with Crippen molar-refractivity contribution < 1.29 is 0 Å². The topological polar surface area (TPSA) is 76.9 Å². The van der Waals surface area contributed by atoms with Gasteiger partial charge in [-0.25, -0.2) is 4.98 Å². The molecule has 0 aliphatic rings. The minimum absolute atomic E-state index is 0.0322. The van der Waals surface area contributed by atoms with Crippen LogP contribution in [0.15, 0.2) is 60.6 Å². The monoisotopic (exact) mass is 299 g/mol. The first-order chi connectivity index (χ1) is 11.2. The molecule has 0 radical (unpaired) electrons. The number of nitrogens with zero attached hydrogens (tertiary/aromatic N) is 4. The summed E-state index contributed by atoms with van der Waals surface area (Å²) in [4.78, 5) is 4.62. The number of allylic oxidation sites excluding steroid dienone is 1. The summed E-state index contributed by atoms with van der Waals surface area (Å²) in [5, 5.41) is 20.3. The molecule has 5 heteroatoms. The maximum atomic E-state index is 8.69. The number of fused-ring (bicyclic) bond motifs is 1. The third-order valence-electron chi connectivity index (χ3n) is 3.42. The van der Waals surface area contributed by atoms with Crippen LogP contribution < -0.4 is 5.32 Å². The predicted molar refractivity (Wildman–Crippen MR) is 88.3 cm³/mol. The van der Waals surface area contributed by atoms with Crippen molar-refractivity contribution in [3.05, 3.63) is 66.1 Å². The Hall–Kier alpha value is -3.57.